The molecule has 0 spiro atoms. The third-order valence-electron chi connectivity index (χ3n) is 3.46. The molecule has 0 heterocycles. The Bertz CT molecular complexity index is 466. The molecular weight excluding hydrogens is 276 g/mol. The van der Waals surface area contributed by atoms with Crippen molar-refractivity contribution in [3.05, 3.63) is 33.9 Å². The third kappa shape index (κ3) is 4.11. The van der Waals surface area contributed by atoms with Gasteiger partial charge in [-0.05, 0) is 43.9 Å². The molecule has 20 heavy (non-hydrogen) atoms. The van der Waals surface area contributed by atoms with Crippen molar-refractivity contribution >= 4 is 23.1 Å². The summed E-state index contributed by atoms with van der Waals surface area (Å²) in [5, 5.41) is 20.8. The van der Waals surface area contributed by atoms with Crippen LogP contribution in [-0.2, 0) is 0 Å². The zero-order valence-electron chi connectivity index (χ0n) is 12.4. The van der Waals surface area contributed by atoms with Crippen LogP contribution in [0, 0.1) is 10.1 Å². The monoisotopic (exact) mass is 298 g/mol. The van der Waals surface area contributed by atoms with E-state index in [1.807, 2.05) is 18.2 Å². The molecule has 1 N–H and O–H groups in total. The van der Waals surface area contributed by atoms with Crippen LogP contribution in [0.4, 0.5) is 11.4 Å². The molecule has 0 radical (unpaired) electrons. The van der Waals surface area contributed by atoms with Crippen LogP contribution in [0.5, 0.6) is 0 Å². The molecule has 0 fully saturated rings. The molecule has 1 rings (SSSR count). The molecule has 0 amide bonds. The van der Waals surface area contributed by atoms with Gasteiger partial charge in [-0.15, -0.1) is 0 Å². The molecule has 2 unspecified atom stereocenters. The van der Waals surface area contributed by atoms with Gasteiger partial charge < -0.3 is 10.0 Å². The molecular formula is C14H22N2O3S. The number of aliphatic hydroxyl groups excluding tert-OH is 1. The number of rotatable bonds is 7. The fourth-order valence-corrected chi connectivity index (χ4v) is 2.54. The topological polar surface area (TPSA) is 66.6 Å². The Labute approximate surface area is 124 Å². The van der Waals surface area contributed by atoms with Crippen LogP contribution < -0.4 is 4.90 Å². The molecule has 0 aliphatic heterocycles. The van der Waals surface area contributed by atoms with Crippen molar-refractivity contribution in [2.45, 2.75) is 32.4 Å². The lowest BCUT2D eigenvalue weighted by atomic mass is 10.1. The second kappa shape index (κ2) is 7.50. The van der Waals surface area contributed by atoms with E-state index in [4.69, 9.17) is 0 Å². The maximum absolute atomic E-state index is 11.2. The Morgan fingerprint density at radius 1 is 1.45 bits per heavy atom. The standard InChI is InChI=1S/C14H22N2O3S/c1-10(7-8-20-4)15(3)13-6-5-12(11(2)17)9-14(13)16(18)19/h5-6,9-11,17H,7-8H2,1-4H3. The minimum atomic E-state index is -0.707. The number of nitro groups is 1. The molecule has 0 aliphatic rings. The summed E-state index contributed by atoms with van der Waals surface area (Å²) in [5.41, 5.74) is 1.19. The third-order valence-corrected chi connectivity index (χ3v) is 4.10. The molecule has 0 aliphatic carbocycles. The lowest BCUT2D eigenvalue weighted by Gasteiger charge is -2.27. The minimum Gasteiger partial charge on any atom is -0.389 e. The number of nitro benzene ring substituents is 1. The predicted molar refractivity (Wildman–Crippen MR) is 84.6 cm³/mol. The first-order chi connectivity index (χ1) is 9.38. The minimum absolute atomic E-state index is 0.0434. The first kappa shape index (κ1) is 16.8. The zero-order chi connectivity index (χ0) is 15.3. The highest BCUT2D eigenvalue weighted by Crippen LogP contribution is 2.32. The lowest BCUT2D eigenvalue weighted by Crippen LogP contribution is -2.29. The van der Waals surface area contributed by atoms with Crippen molar-refractivity contribution < 1.29 is 10.0 Å². The number of thioether (sulfide) groups is 1. The van der Waals surface area contributed by atoms with Gasteiger partial charge in [0.25, 0.3) is 5.69 Å². The summed E-state index contributed by atoms with van der Waals surface area (Å²) in [6, 6.07) is 5.14. The fraction of sp³-hybridized carbons (Fsp3) is 0.571. The maximum atomic E-state index is 11.2. The average Bonchev–Trinajstić information content (AvgIpc) is 2.42. The highest BCUT2D eigenvalue weighted by atomic mass is 32.2. The van der Waals surface area contributed by atoms with Crippen LogP contribution in [0.15, 0.2) is 18.2 Å². The Morgan fingerprint density at radius 2 is 2.10 bits per heavy atom. The van der Waals surface area contributed by atoms with Gasteiger partial charge in [-0.25, -0.2) is 0 Å². The van der Waals surface area contributed by atoms with Crippen LogP contribution in [0.3, 0.4) is 0 Å². The van der Waals surface area contributed by atoms with Gasteiger partial charge in [0, 0.05) is 19.2 Å². The normalized spacial score (nSPS) is 13.8. The van der Waals surface area contributed by atoms with Gasteiger partial charge in [0.2, 0.25) is 0 Å². The number of nitrogens with zero attached hydrogens (tertiary/aromatic N) is 2. The molecule has 0 bridgehead atoms. The van der Waals surface area contributed by atoms with E-state index in [0.717, 1.165) is 12.2 Å². The second-order valence-electron chi connectivity index (χ2n) is 4.92. The van der Waals surface area contributed by atoms with Crippen LogP contribution in [-0.4, -0.2) is 35.1 Å². The lowest BCUT2D eigenvalue weighted by molar-refractivity contribution is -0.384. The van der Waals surface area contributed by atoms with Crippen molar-refractivity contribution in [3.63, 3.8) is 0 Å². The van der Waals surface area contributed by atoms with E-state index in [1.165, 1.54) is 6.07 Å². The van der Waals surface area contributed by atoms with Gasteiger partial charge >= 0.3 is 0 Å². The molecule has 0 aromatic heterocycles. The Kier molecular flexibility index (Phi) is 6.29. The van der Waals surface area contributed by atoms with Crippen molar-refractivity contribution in [1.29, 1.82) is 0 Å². The summed E-state index contributed by atoms with van der Waals surface area (Å²) in [7, 11) is 1.87. The number of benzene rings is 1. The highest BCUT2D eigenvalue weighted by molar-refractivity contribution is 7.98. The van der Waals surface area contributed by atoms with Gasteiger partial charge in [0.05, 0.1) is 11.0 Å². The van der Waals surface area contributed by atoms with Crippen LogP contribution in [0.2, 0.25) is 0 Å². The summed E-state index contributed by atoms with van der Waals surface area (Å²) >= 11 is 1.77. The smallest absolute Gasteiger partial charge is 0.292 e. The highest BCUT2D eigenvalue weighted by Gasteiger charge is 2.21. The average molecular weight is 298 g/mol. The van der Waals surface area contributed by atoms with E-state index in [9.17, 15) is 15.2 Å². The van der Waals surface area contributed by atoms with Crippen LogP contribution in [0.1, 0.15) is 31.9 Å². The Balaban J connectivity index is 3.07. The van der Waals surface area contributed by atoms with E-state index in [1.54, 1.807) is 30.8 Å². The van der Waals surface area contributed by atoms with Crippen molar-refractivity contribution in [1.82, 2.24) is 0 Å². The second-order valence-corrected chi connectivity index (χ2v) is 5.91. The van der Waals surface area contributed by atoms with Gasteiger partial charge in [0.15, 0.2) is 0 Å². The summed E-state index contributed by atoms with van der Waals surface area (Å²) in [4.78, 5) is 12.8. The van der Waals surface area contributed by atoms with Gasteiger partial charge in [-0.2, -0.15) is 11.8 Å². The quantitative estimate of drug-likeness (QED) is 0.618. The molecule has 1 aromatic rings. The fourth-order valence-electron chi connectivity index (χ4n) is 1.96. The van der Waals surface area contributed by atoms with E-state index in [-0.39, 0.29) is 16.7 Å². The van der Waals surface area contributed by atoms with Crippen LogP contribution >= 0.6 is 11.8 Å². The molecule has 1 aromatic carbocycles. The van der Waals surface area contributed by atoms with Crippen molar-refractivity contribution in [2.24, 2.45) is 0 Å². The van der Waals surface area contributed by atoms with E-state index < -0.39 is 6.10 Å². The first-order valence-corrected chi connectivity index (χ1v) is 7.96. The zero-order valence-corrected chi connectivity index (χ0v) is 13.2. The van der Waals surface area contributed by atoms with E-state index >= 15 is 0 Å². The summed E-state index contributed by atoms with van der Waals surface area (Å²) in [6.07, 6.45) is 2.31. The summed E-state index contributed by atoms with van der Waals surface area (Å²) in [5.74, 6) is 1.02. The van der Waals surface area contributed by atoms with E-state index in [0.29, 0.717) is 11.3 Å². The number of hydrogen-bond donors (Lipinski definition) is 1. The molecule has 2 atom stereocenters. The molecule has 6 heteroatoms. The number of hydrogen-bond acceptors (Lipinski definition) is 5. The van der Waals surface area contributed by atoms with Gasteiger partial charge in [-0.3, -0.25) is 10.1 Å². The van der Waals surface area contributed by atoms with Crippen molar-refractivity contribution in [3.8, 4) is 0 Å². The number of aliphatic hydroxyl groups is 1. The molecule has 0 saturated heterocycles. The Hall–Kier alpha value is -1.27. The molecule has 112 valence electrons. The Morgan fingerprint density at radius 3 is 2.60 bits per heavy atom. The molecule has 0 saturated carbocycles. The largest absolute Gasteiger partial charge is 0.389 e. The SMILES string of the molecule is CSCCC(C)N(C)c1ccc(C(C)O)cc1[N+](=O)[O-]. The number of anilines is 1. The summed E-state index contributed by atoms with van der Waals surface area (Å²) < 4.78 is 0. The van der Waals surface area contributed by atoms with Gasteiger partial charge in [-0.1, -0.05) is 6.07 Å². The van der Waals surface area contributed by atoms with Crippen LogP contribution in [0.25, 0.3) is 0 Å². The van der Waals surface area contributed by atoms with E-state index in [2.05, 4.69) is 6.92 Å². The maximum Gasteiger partial charge on any atom is 0.292 e. The summed E-state index contributed by atoms with van der Waals surface area (Å²) in [6.45, 7) is 3.66. The van der Waals surface area contributed by atoms with Crippen molar-refractivity contribution in [2.75, 3.05) is 24.0 Å². The first-order valence-electron chi connectivity index (χ1n) is 6.56. The van der Waals surface area contributed by atoms with Gasteiger partial charge in [0.1, 0.15) is 5.69 Å². The molecule has 5 nitrogen and oxygen atoms in total. The predicted octanol–water partition coefficient (Wildman–Crippen LogP) is 3.23.